The van der Waals surface area contributed by atoms with E-state index in [-0.39, 0.29) is 0 Å². The van der Waals surface area contributed by atoms with E-state index in [0.717, 1.165) is 22.1 Å². The predicted octanol–water partition coefficient (Wildman–Crippen LogP) is 4.29. The zero-order valence-electron chi connectivity index (χ0n) is 10.8. The van der Waals surface area contributed by atoms with E-state index in [2.05, 4.69) is 15.9 Å². The van der Waals surface area contributed by atoms with Gasteiger partial charge >= 0.3 is 0 Å². The molecule has 3 aromatic rings. The van der Waals surface area contributed by atoms with Crippen molar-refractivity contribution in [2.24, 2.45) is 0 Å². The maximum atomic E-state index is 10.3. The summed E-state index contributed by atoms with van der Waals surface area (Å²) in [5.74, 6) is 1.34. The smallest absolute Gasteiger partial charge is 0.169 e. The molecular formula is C16H13BrO3. The number of hydrogen-bond acceptors (Lipinski definition) is 3. The Labute approximate surface area is 124 Å². The highest BCUT2D eigenvalue weighted by Gasteiger charge is 2.14. The highest BCUT2D eigenvalue weighted by Crippen LogP contribution is 2.29. The minimum absolute atomic E-state index is 0.518. The van der Waals surface area contributed by atoms with Crippen LogP contribution < -0.4 is 4.74 Å². The van der Waals surface area contributed by atoms with Crippen molar-refractivity contribution in [3.05, 3.63) is 64.5 Å². The molecule has 0 fully saturated rings. The first-order valence-corrected chi connectivity index (χ1v) is 6.97. The van der Waals surface area contributed by atoms with Gasteiger partial charge in [0.25, 0.3) is 0 Å². The molecule has 1 N–H and O–H groups in total. The Bertz CT molecular complexity index is 748. The number of methoxy groups -OCH3 is 1. The Morgan fingerprint density at radius 3 is 2.50 bits per heavy atom. The van der Waals surface area contributed by atoms with Gasteiger partial charge in [-0.25, -0.2) is 0 Å². The zero-order chi connectivity index (χ0) is 14.1. The number of halogens is 1. The van der Waals surface area contributed by atoms with E-state index in [9.17, 15) is 5.11 Å². The summed E-state index contributed by atoms with van der Waals surface area (Å²) in [4.78, 5) is 0. The topological polar surface area (TPSA) is 42.6 Å². The molecule has 1 heterocycles. The van der Waals surface area contributed by atoms with Gasteiger partial charge in [0, 0.05) is 0 Å². The molecule has 0 amide bonds. The monoisotopic (exact) mass is 332 g/mol. The lowest BCUT2D eigenvalue weighted by Gasteiger charge is -2.10. The number of fused-ring (bicyclic) bond motifs is 1. The van der Waals surface area contributed by atoms with Gasteiger partial charge in [-0.2, -0.15) is 0 Å². The molecule has 1 aromatic heterocycles. The lowest BCUT2D eigenvalue weighted by molar-refractivity contribution is 0.188. The first-order chi connectivity index (χ1) is 9.67. The molecule has 2 aromatic carbocycles. The van der Waals surface area contributed by atoms with Crippen LogP contribution in [0, 0.1) is 0 Å². The van der Waals surface area contributed by atoms with E-state index < -0.39 is 6.10 Å². The second kappa shape index (κ2) is 5.31. The molecule has 0 aliphatic heterocycles. The third-order valence-corrected chi connectivity index (χ3v) is 3.68. The molecule has 0 saturated heterocycles. The highest BCUT2D eigenvalue weighted by atomic mass is 79.9. The summed E-state index contributed by atoms with van der Waals surface area (Å²) in [6, 6.07) is 15.2. The first-order valence-electron chi connectivity index (χ1n) is 6.18. The van der Waals surface area contributed by atoms with Crippen LogP contribution in [-0.2, 0) is 0 Å². The van der Waals surface area contributed by atoms with Crippen molar-refractivity contribution in [2.75, 3.05) is 7.11 Å². The lowest BCUT2D eigenvalue weighted by atomic mass is 10.0. The zero-order valence-corrected chi connectivity index (χ0v) is 12.4. The van der Waals surface area contributed by atoms with E-state index in [1.165, 1.54) is 0 Å². The van der Waals surface area contributed by atoms with Crippen molar-refractivity contribution in [2.45, 2.75) is 6.10 Å². The normalized spacial score (nSPS) is 12.6. The molecule has 1 unspecified atom stereocenters. The second-order valence-corrected chi connectivity index (χ2v) is 5.30. The molecule has 3 rings (SSSR count). The van der Waals surface area contributed by atoms with Crippen molar-refractivity contribution < 1.29 is 14.3 Å². The van der Waals surface area contributed by atoms with Crippen LogP contribution in [0.1, 0.15) is 17.4 Å². The average molecular weight is 333 g/mol. The van der Waals surface area contributed by atoms with E-state index in [1.54, 1.807) is 19.2 Å². The molecule has 3 nitrogen and oxygen atoms in total. The molecule has 0 aliphatic rings. The molecule has 20 heavy (non-hydrogen) atoms. The van der Waals surface area contributed by atoms with Gasteiger partial charge in [0.15, 0.2) is 4.67 Å². The van der Waals surface area contributed by atoms with Crippen molar-refractivity contribution in [3.8, 4) is 5.75 Å². The quantitative estimate of drug-likeness (QED) is 0.778. The maximum Gasteiger partial charge on any atom is 0.169 e. The standard InChI is InChI=1S/C16H13BrO3/c1-19-13-5-4-10-8-12(3-2-11(10)9-13)16(18)14-6-7-15(17)20-14/h2-9,16,18H,1H3. The third-order valence-electron chi connectivity index (χ3n) is 3.25. The molecule has 4 heteroatoms. The summed E-state index contributed by atoms with van der Waals surface area (Å²) in [7, 11) is 1.65. The number of benzene rings is 2. The fourth-order valence-corrected chi connectivity index (χ4v) is 2.50. The van der Waals surface area contributed by atoms with Crippen LogP contribution in [-0.4, -0.2) is 12.2 Å². The molecule has 0 spiro atoms. The second-order valence-electron chi connectivity index (χ2n) is 4.52. The van der Waals surface area contributed by atoms with Crippen LogP contribution in [0.2, 0.25) is 0 Å². The Kier molecular flexibility index (Phi) is 3.51. The number of aliphatic hydroxyl groups excluding tert-OH is 1. The van der Waals surface area contributed by atoms with Gasteiger partial charge < -0.3 is 14.3 Å². The van der Waals surface area contributed by atoms with Gasteiger partial charge in [-0.3, -0.25) is 0 Å². The van der Waals surface area contributed by atoms with Crippen LogP contribution in [0.5, 0.6) is 5.75 Å². The SMILES string of the molecule is COc1ccc2cc(C(O)c3ccc(Br)o3)ccc2c1. The van der Waals surface area contributed by atoms with Gasteiger partial charge in [0.05, 0.1) is 7.11 Å². The number of rotatable bonds is 3. The Morgan fingerprint density at radius 2 is 1.80 bits per heavy atom. The molecule has 0 aliphatic carbocycles. The van der Waals surface area contributed by atoms with Crippen molar-refractivity contribution in [1.82, 2.24) is 0 Å². The molecule has 102 valence electrons. The van der Waals surface area contributed by atoms with Crippen molar-refractivity contribution in [3.63, 3.8) is 0 Å². The molecule has 0 bridgehead atoms. The van der Waals surface area contributed by atoms with Gasteiger partial charge in [-0.1, -0.05) is 18.2 Å². The largest absolute Gasteiger partial charge is 0.497 e. The molecular weight excluding hydrogens is 320 g/mol. The highest BCUT2D eigenvalue weighted by molar-refractivity contribution is 9.10. The summed E-state index contributed by atoms with van der Waals surface area (Å²) in [5.41, 5.74) is 0.796. The summed E-state index contributed by atoms with van der Waals surface area (Å²) in [6.45, 7) is 0. The molecule has 1 atom stereocenters. The summed E-state index contributed by atoms with van der Waals surface area (Å²) in [5, 5.41) is 12.4. The summed E-state index contributed by atoms with van der Waals surface area (Å²) in [6.07, 6.45) is -0.771. The van der Waals surface area contributed by atoms with Gasteiger partial charge in [0.1, 0.15) is 17.6 Å². The third kappa shape index (κ3) is 2.44. The lowest BCUT2D eigenvalue weighted by Crippen LogP contribution is -1.97. The van der Waals surface area contributed by atoms with Gasteiger partial charge in [0.2, 0.25) is 0 Å². The van der Waals surface area contributed by atoms with E-state index in [4.69, 9.17) is 9.15 Å². The van der Waals surface area contributed by atoms with E-state index >= 15 is 0 Å². The molecule has 0 radical (unpaired) electrons. The summed E-state index contributed by atoms with van der Waals surface area (Å²) >= 11 is 3.24. The number of ether oxygens (including phenoxy) is 1. The van der Waals surface area contributed by atoms with Crippen LogP contribution in [0.25, 0.3) is 10.8 Å². The number of hydrogen-bond donors (Lipinski definition) is 1. The Balaban J connectivity index is 2.00. The van der Waals surface area contributed by atoms with Crippen LogP contribution >= 0.6 is 15.9 Å². The Morgan fingerprint density at radius 1 is 1.05 bits per heavy atom. The fourth-order valence-electron chi connectivity index (χ4n) is 2.18. The van der Waals surface area contributed by atoms with Crippen LogP contribution in [0.4, 0.5) is 0 Å². The fraction of sp³-hybridized carbons (Fsp3) is 0.125. The van der Waals surface area contributed by atoms with Crippen molar-refractivity contribution >= 4 is 26.7 Å². The maximum absolute atomic E-state index is 10.3. The van der Waals surface area contributed by atoms with Crippen molar-refractivity contribution in [1.29, 1.82) is 0 Å². The number of furan rings is 1. The van der Waals surface area contributed by atoms with E-state index in [1.807, 2.05) is 36.4 Å². The predicted molar refractivity (Wildman–Crippen MR) is 81.0 cm³/mol. The minimum Gasteiger partial charge on any atom is -0.497 e. The minimum atomic E-state index is -0.771. The first kappa shape index (κ1) is 13.2. The van der Waals surface area contributed by atoms with Crippen LogP contribution in [0.3, 0.4) is 0 Å². The van der Waals surface area contributed by atoms with Crippen LogP contribution in [0.15, 0.2) is 57.6 Å². The average Bonchev–Trinajstić information content (AvgIpc) is 2.92. The van der Waals surface area contributed by atoms with Gasteiger partial charge in [-0.05, 0) is 62.6 Å². The van der Waals surface area contributed by atoms with Gasteiger partial charge in [-0.15, -0.1) is 0 Å². The Hall–Kier alpha value is -1.78. The number of aliphatic hydroxyl groups is 1. The summed E-state index contributed by atoms with van der Waals surface area (Å²) < 4.78 is 11.2. The van der Waals surface area contributed by atoms with E-state index in [0.29, 0.717) is 10.4 Å². The molecule has 0 saturated carbocycles.